The van der Waals surface area contributed by atoms with Crippen LogP contribution in [0.2, 0.25) is 0 Å². The lowest BCUT2D eigenvalue weighted by molar-refractivity contribution is -0.126. The van der Waals surface area contributed by atoms with Gasteiger partial charge < -0.3 is 39.9 Å². The summed E-state index contributed by atoms with van der Waals surface area (Å²) in [7, 11) is 4.03. The first kappa shape index (κ1) is 34.5. The molecule has 3 aromatic rings. The van der Waals surface area contributed by atoms with E-state index in [0.29, 0.717) is 68.7 Å². The minimum Gasteiger partial charge on any atom is -0.378 e. The molecule has 44 heavy (non-hydrogen) atoms. The largest absolute Gasteiger partial charge is 0.378 e. The molecule has 2 amide bonds. The number of amides is 2. The Bertz CT molecular complexity index is 1320. The van der Waals surface area contributed by atoms with Crippen LogP contribution in [0.25, 0.3) is 10.2 Å². The molecule has 1 saturated heterocycles. The summed E-state index contributed by atoms with van der Waals surface area (Å²) in [6.45, 7) is 5.95. The lowest BCUT2D eigenvalue weighted by atomic mass is 9.96. The van der Waals surface area contributed by atoms with E-state index in [0.717, 1.165) is 29.5 Å². The number of piperidine rings is 1. The molecule has 0 saturated carbocycles. The van der Waals surface area contributed by atoms with Crippen LogP contribution in [0.3, 0.4) is 0 Å². The minimum absolute atomic E-state index is 0.00592. The summed E-state index contributed by atoms with van der Waals surface area (Å²) in [5.74, 6) is -0.808. The number of rotatable bonds is 18. The SMILES string of the molecule is CN(C)CCN(Sc1cccs1)c1cc(F)c2nc(NC(=O)C3CCN(CCNC(=O)COCCOCCN)CC3)sc2c1. The maximum atomic E-state index is 15.2. The highest BCUT2D eigenvalue weighted by atomic mass is 32.2. The van der Waals surface area contributed by atoms with Crippen LogP contribution in [0.5, 0.6) is 0 Å². The second-order valence-electron chi connectivity index (χ2n) is 10.6. The van der Waals surface area contributed by atoms with Crippen LogP contribution >= 0.6 is 34.6 Å². The number of likely N-dealkylation sites (tertiary alicyclic amines) is 1. The Morgan fingerprint density at radius 2 is 1.98 bits per heavy atom. The van der Waals surface area contributed by atoms with Crippen molar-refractivity contribution < 1.29 is 23.5 Å². The van der Waals surface area contributed by atoms with Gasteiger partial charge in [0.1, 0.15) is 12.1 Å². The van der Waals surface area contributed by atoms with Gasteiger partial charge in [-0.15, -0.1) is 11.3 Å². The predicted molar refractivity (Wildman–Crippen MR) is 177 cm³/mol. The third-order valence-electron chi connectivity index (χ3n) is 6.97. The third kappa shape index (κ3) is 10.9. The number of fused-ring (bicyclic) bond motifs is 1. The van der Waals surface area contributed by atoms with Gasteiger partial charge in [0.05, 0.1) is 34.4 Å². The average molecular weight is 668 g/mol. The number of likely N-dealkylation sites (N-methyl/N-ethyl adjacent to an activating group) is 1. The summed E-state index contributed by atoms with van der Waals surface area (Å²) < 4.78 is 29.7. The highest BCUT2D eigenvalue weighted by Crippen LogP contribution is 2.37. The van der Waals surface area contributed by atoms with Crippen LogP contribution in [0.15, 0.2) is 33.9 Å². The molecule has 4 rings (SSSR count). The van der Waals surface area contributed by atoms with E-state index in [9.17, 15) is 9.59 Å². The summed E-state index contributed by atoms with van der Waals surface area (Å²) >= 11 is 4.53. The normalized spacial score (nSPS) is 14.4. The fraction of sp³-hybridized carbons (Fsp3) is 0.552. The van der Waals surface area contributed by atoms with E-state index in [4.69, 9.17) is 15.2 Å². The molecule has 0 unspecified atom stereocenters. The fourth-order valence-electron chi connectivity index (χ4n) is 4.61. The molecule has 0 aliphatic carbocycles. The first-order chi connectivity index (χ1) is 21.3. The molecular formula is C29H42FN7O4S3. The summed E-state index contributed by atoms with van der Waals surface area (Å²) in [6, 6.07) is 7.53. The molecule has 0 bridgehead atoms. The molecule has 15 heteroatoms. The van der Waals surface area contributed by atoms with Gasteiger partial charge >= 0.3 is 0 Å². The number of carbonyl (C=O) groups excluding carboxylic acids is 2. The topological polar surface area (TPSA) is 125 Å². The molecule has 11 nitrogen and oxygen atoms in total. The number of thiazole rings is 1. The van der Waals surface area contributed by atoms with Gasteiger partial charge in [-0.05, 0) is 69.5 Å². The molecule has 1 aliphatic rings. The molecule has 4 N–H and O–H groups in total. The number of carbonyl (C=O) groups is 2. The number of benzene rings is 1. The highest BCUT2D eigenvalue weighted by Gasteiger charge is 2.26. The molecule has 1 fully saturated rings. The van der Waals surface area contributed by atoms with Gasteiger partial charge in [0.25, 0.3) is 0 Å². The summed E-state index contributed by atoms with van der Waals surface area (Å²) in [6.07, 6.45) is 1.41. The van der Waals surface area contributed by atoms with E-state index in [1.165, 1.54) is 17.4 Å². The maximum Gasteiger partial charge on any atom is 0.246 e. The van der Waals surface area contributed by atoms with E-state index in [2.05, 4.69) is 35.8 Å². The van der Waals surface area contributed by atoms with Crippen LogP contribution < -0.4 is 20.7 Å². The van der Waals surface area contributed by atoms with Crippen LogP contribution in [0.1, 0.15) is 12.8 Å². The number of anilines is 2. The van der Waals surface area contributed by atoms with Crippen molar-refractivity contribution in [1.29, 1.82) is 0 Å². The molecule has 0 atom stereocenters. The van der Waals surface area contributed by atoms with Gasteiger partial charge in [-0.3, -0.25) is 9.59 Å². The number of nitrogens with one attached hydrogen (secondary N) is 2. The van der Waals surface area contributed by atoms with Crippen LogP contribution in [-0.2, 0) is 19.1 Å². The Hall–Kier alpha value is -2.37. The van der Waals surface area contributed by atoms with E-state index < -0.39 is 5.82 Å². The fourth-order valence-corrected chi connectivity index (χ4v) is 7.33. The van der Waals surface area contributed by atoms with Crippen molar-refractivity contribution in [2.75, 3.05) is 96.0 Å². The van der Waals surface area contributed by atoms with Gasteiger partial charge in [0, 0.05) is 44.7 Å². The molecule has 2 aromatic heterocycles. The van der Waals surface area contributed by atoms with Crippen molar-refractivity contribution >= 4 is 67.5 Å². The number of nitrogens with zero attached hydrogens (tertiary/aromatic N) is 4. The Balaban J connectivity index is 1.24. The van der Waals surface area contributed by atoms with Crippen molar-refractivity contribution in [2.45, 2.75) is 17.1 Å². The zero-order chi connectivity index (χ0) is 31.3. The Morgan fingerprint density at radius 3 is 2.70 bits per heavy atom. The lowest BCUT2D eigenvalue weighted by Crippen LogP contribution is -2.42. The van der Waals surface area contributed by atoms with Crippen molar-refractivity contribution in [3.8, 4) is 0 Å². The van der Waals surface area contributed by atoms with E-state index in [1.54, 1.807) is 23.3 Å². The number of thiophene rings is 1. The minimum atomic E-state index is -0.403. The van der Waals surface area contributed by atoms with Crippen molar-refractivity contribution in [3.05, 3.63) is 35.5 Å². The molecule has 0 radical (unpaired) electrons. The van der Waals surface area contributed by atoms with Gasteiger partial charge in [0.15, 0.2) is 10.9 Å². The molecular weight excluding hydrogens is 626 g/mol. The molecule has 242 valence electrons. The van der Waals surface area contributed by atoms with Gasteiger partial charge in [-0.2, -0.15) is 0 Å². The molecule has 1 aromatic carbocycles. The number of hydrogen-bond acceptors (Lipinski definition) is 12. The number of halogens is 1. The van der Waals surface area contributed by atoms with Crippen LogP contribution in [-0.4, -0.2) is 113 Å². The van der Waals surface area contributed by atoms with Crippen molar-refractivity contribution in [1.82, 2.24) is 20.1 Å². The van der Waals surface area contributed by atoms with Crippen LogP contribution in [0.4, 0.5) is 15.2 Å². The standard InChI is InChI=1S/C29H42FN7O4S3/c1-35(2)12-13-37(44-26-4-3-17-42-26)22-18-23(30)27-24(19-22)43-29(33-27)34-28(39)21-5-9-36(10-6-21)11-8-32-25(38)20-41-16-15-40-14-7-31/h3-4,17-19,21H,5-16,20,31H2,1-2H3,(H,32,38)(H,33,34,39). The number of nitrogens with two attached hydrogens (primary N) is 1. The first-order valence-electron chi connectivity index (χ1n) is 14.7. The maximum absolute atomic E-state index is 15.2. The molecule has 0 spiro atoms. The summed E-state index contributed by atoms with van der Waals surface area (Å²) in [5, 5.41) is 8.23. The zero-order valence-electron chi connectivity index (χ0n) is 25.3. The monoisotopic (exact) mass is 667 g/mol. The van der Waals surface area contributed by atoms with E-state index in [1.807, 2.05) is 31.6 Å². The number of hydrogen-bond donors (Lipinski definition) is 3. The Morgan fingerprint density at radius 1 is 1.18 bits per heavy atom. The Kier molecular flexibility index (Phi) is 14.1. The average Bonchev–Trinajstić information content (AvgIpc) is 3.67. The quantitative estimate of drug-likeness (QED) is 0.138. The highest BCUT2D eigenvalue weighted by molar-refractivity contribution is 8.02. The lowest BCUT2D eigenvalue weighted by Gasteiger charge is -2.31. The van der Waals surface area contributed by atoms with E-state index >= 15 is 4.39 Å². The number of aromatic nitrogens is 1. The number of ether oxygens (including phenoxy) is 2. The second kappa shape index (κ2) is 17.9. The summed E-state index contributed by atoms with van der Waals surface area (Å²) in [5.41, 5.74) is 6.38. The smallest absolute Gasteiger partial charge is 0.246 e. The molecule has 1 aliphatic heterocycles. The third-order valence-corrected chi connectivity index (χ3v) is 9.99. The van der Waals surface area contributed by atoms with Gasteiger partial charge in [-0.25, -0.2) is 9.37 Å². The van der Waals surface area contributed by atoms with Gasteiger partial charge in [-0.1, -0.05) is 17.4 Å². The Labute approximate surface area is 270 Å². The predicted octanol–water partition coefficient (Wildman–Crippen LogP) is 3.33. The second-order valence-corrected chi connectivity index (χ2v) is 13.9. The first-order valence-corrected chi connectivity index (χ1v) is 17.2. The zero-order valence-corrected chi connectivity index (χ0v) is 27.7. The summed E-state index contributed by atoms with van der Waals surface area (Å²) in [4.78, 5) is 33.8. The van der Waals surface area contributed by atoms with Crippen LogP contribution in [0, 0.1) is 11.7 Å². The van der Waals surface area contributed by atoms with Gasteiger partial charge in [0.2, 0.25) is 11.8 Å². The van der Waals surface area contributed by atoms with E-state index in [-0.39, 0.29) is 29.9 Å². The molecule has 3 heterocycles. The van der Waals surface area contributed by atoms with Crippen molar-refractivity contribution in [3.63, 3.8) is 0 Å². The van der Waals surface area contributed by atoms with Crippen molar-refractivity contribution in [2.24, 2.45) is 11.7 Å².